The summed E-state index contributed by atoms with van der Waals surface area (Å²) in [6.07, 6.45) is 4.23. The van der Waals surface area contributed by atoms with Crippen LogP contribution in [0.3, 0.4) is 0 Å². The molecule has 0 radical (unpaired) electrons. The van der Waals surface area contributed by atoms with E-state index in [1.165, 1.54) is 5.56 Å². The molecule has 148 valence electrons. The molecule has 1 heterocycles. The lowest BCUT2D eigenvalue weighted by Gasteiger charge is -2.34. The van der Waals surface area contributed by atoms with Gasteiger partial charge in [-0.2, -0.15) is 5.26 Å². The number of piperidine rings is 1. The summed E-state index contributed by atoms with van der Waals surface area (Å²) in [6.45, 7) is 1.45. The maximum absolute atomic E-state index is 13.1. The number of carbonyl (C=O) groups is 2. The second kappa shape index (κ2) is 8.08. The van der Waals surface area contributed by atoms with Gasteiger partial charge in [0.05, 0.1) is 11.6 Å². The largest absolute Gasteiger partial charge is 0.342 e. The number of nitrogens with one attached hydrogen (secondary N) is 1. The van der Waals surface area contributed by atoms with Crippen LogP contribution in [0.2, 0.25) is 0 Å². The van der Waals surface area contributed by atoms with Crippen LogP contribution in [0, 0.1) is 22.7 Å². The van der Waals surface area contributed by atoms with Crippen molar-refractivity contribution in [1.82, 2.24) is 4.90 Å². The van der Waals surface area contributed by atoms with Gasteiger partial charge in [-0.15, -0.1) is 0 Å². The van der Waals surface area contributed by atoms with Crippen LogP contribution >= 0.6 is 0 Å². The zero-order valence-corrected chi connectivity index (χ0v) is 16.4. The third-order valence-electron chi connectivity index (χ3n) is 6.13. The van der Waals surface area contributed by atoms with E-state index in [9.17, 15) is 9.59 Å². The van der Waals surface area contributed by atoms with Gasteiger partial charge >= 0.3 is 0 Å². The minimum absolute atomic E-state index is 0.0261. The van der Waals surface area contributed by atoms with Gasteiger partial charge in [-0.1, -0.05) is 30.3 Å². The molecule has 2 fully saturated rings. The molecule has 0 unspecified atom stereocenters. The van der Waals surface area contributed by atoms with Gasteiger partial charge in [0.15, 0.2) is 0 Å². The summed E-state index contributed by atoms with van der Waals surface area (Å²) in [5.41, 5.74) is 1.60. The van der Waals surface area contributed by atoms with E-state index in [1.807, 2.05) is 11.0 Å². The average molecular weight is 387 g/mol. The first kappa shape index (κ1) is 19.2. The number of carbonyl (C=O) groups excluding carboxylic acids is 2. The van der Waals surface area contributed by atoms with Crippen LogP contribution in [0.25, 0.3) is 0 Å². The first-order chi connectivity index (χ1) is 14.1. The van der Waals surface area contributed by atoms with Crippen LogP contribution in [-0.4, -0.2) is 29.8 Å². The van der Waals surface area contributed by atoms with Gasteiger partial charge in [-0.3, -0.25) is 9.59 Å². The molecule has 1 aliphatic carbocycles. The summed E-state index contributed by atoms with van der Waals surface area (Å²) in [5, 5.41) is 11.7. The van der Waals surface area contributed by atoms with Crippen molar-refractivity contribution in [2.45, 2.75) is 32.1 Å². The first-order valence-corrected chi connectivity index (χ1v) is 10.3. The van der Waals surface area contributed by atoms with Gasteiger partial charge in [0.2, 0.25) is 11.8 Å². The van der Waals surface area contributed by atoms with E-state index in [-0.39, 0.29) is 11.8 Å². The van der Waals surface area contributed by atoms with Crippen LogP contribution in [0.1, 0.15) is 36.8 Å². The fraction of sp³-hybridized carbons (Fsp3) is 0.375. The Morgan fingerprint density at radius 1 is 1.03 bits per heavy atom. The minimum Gasteiger partial charge on any atom is -0.342 e. The number of nitrogens with zero attached hydrogens (tertiary/aromatic N) is 2. The van der Waals surface area contributed by atoms with Gasteiger partial charge in [0.25, 0.3) is 0 Å². The Hall–Kier alpha value is -3.13. The highest BCUT2D eigenvalue weighted by Gasteiger charge is 2.58. The smallest absolute Gasteiger partial charge is 0.240 e. The zero-order chi connectivity index (χ0) is 20.3. The molecular formula is C24H25N3O2. The summed E-state index contributed by atoms with van der Waals surface area (Å²) in [5.74, 6) is 0.338. The SMILES string of the molecule is N#Cc1ccc(NC(=O)C2(C(=O)N3CCC(Cc4ccccc4)CC3)CC2)cc1. The molecule has 0 bridgehead atoms. The Morgan fingerprint density at radius 2 is 1.69 bits per heavy atom. The Balaban J connectivity index is 1.33. The summed E-state index contributed by atoms with van der Waals surface area (Å²) in [4.78, 5) is 27.8. The van der Waals surface area contributed by atoms with Gasteiger partial charge in [0.1, 0.15) is 5.41 Å². The van der Waals surface area contributed by atoms with E-state index in [4.69, 9.17) is 5.26 Å². The molecule has 2 aromatic rings. The van der Waals surface area contributed by atoms with Crippen molar-refractivity contribution in [1.29, 1.82) is 5.26 Å². The number of amides is 2. The molecular weight excluding hydrogens is 362 g/mol. The van der Waals surface area contributed by atoms with Crippen LogP contribution in [-0.2, 0) is 16.0 Å². The summed E-state index contributed by atoms with van der Waals surface area (Å²) in [7, 11) is 0. The van der Waals surface area contributed by atoms with Gasteiger partial charge in [-0.25, -0.2) is 0 Å². The molecule has 1 saturated heterocycles. The number of anilines is 1. The molecule has 29 heavy (non-hydrogen) atoms. The highest BCUT2D eigenvalue weighted by molar-refractivity contribution is 6.13. The molecule has 0 atom stereocenters. The Bertz CT molecular complexity index is 919. The molecule has 1 N–H and O–H groups in total. The van der Waals surface area contributed by atoms with Crippen molar-refractivity contribution in [2.24, 2.45) is 11.3 Å². The van der Waals surface area contributed by atoms with E-state index in [1.54, 1.807) is 24.3 Å². The lowest BCUT2D eigenvalue weighted by atomic mass is 9.89. The van der Waals surface area contributed by atoms with Crippen molar-refractivity contribution in [3.05, 3.63) is 65.7 Å². The standard InChI is InChI=1S/C24H25N3O2/c25-17-20-6-8-21(9-7-20)26-22(28)24(12-13-24)23(29)27-14-10-19(11-15-27)16-18-4-2-1-3-5-18/h1-9,19H,10-16H2,(H,26,28). The number of nitriles is 1. The van der Waals surface area contributed by atoms with Crippen LogP contribution in [0.15, 0.2) is 54.6 Å². The predicted molar refractivity (Wildman–Crippen MR) is 111 cm³/mol. The molecule has 2 aliphatic rings. The molecule has 5 nitrogen and oxygen atoms in total. The quantitative estimate of drug-likeness (QED) is 0.794. The van der Waals surface area contributed by atoms with E-state index in [0.29, 0.717) is 30.0 Å². The average Bonchev–Trinajstić information content (AvgIpc) is 3.57. The van der Waals surface area contributed by atoms with Gasteiger partial charge < -0.3 is 10.2 Å². The fourth-order valence-corrected chi connectivity index (χ4v) is 4.13. The van der Waals surface area contributed by atoms with E-state index >= 15 is 0 Å². The van der Waals surface area contributed by atoms with Crippen LogP contribution in [0.5, 0.6) is 0 Å². The lowest BCUT2D eigenvalue weighted by Crippen LogP contribution is -2.46. The maximum Gasteiger partial charge on any atom is 0.240 e. The Morgan fingerprint density at radius 3 is 2.28 bits per heavy atom. The van der Waals surface area contributed by atoms with Crippen molar-refractivity contribution >= 4 is 17.5 Å². The summed E-state index contributed by atoms with van der Waals surface area (Å²) < 4.78 is 0. The van der Waals surface area contributed by atoms with Gasteiger partial charge in [0, 0.05) is 18.8 Å². The normalized spacial score (nSPS) is 18.0. The Labute approximate surface area is 171 Å². The summed E-state index contributed by atoms with van der Waals surface area (Å²) >= 11 is 0. The molecule has 0 spiro atoms. The molecule has 5 heteroatoms. The second-order valence-corrected chi connectivity index (χ2v) is 8.15. The summed E-state index contributed by atoms with van der Waals surface area (Å²) in [6, 6.07) is 19.3. The molecule has 1 saturated carbocycles. The highest BCUT2D eigenvalue weighted by atomic mass is 16.2. The van der Waals surface area contributed by atoms with Crippen molar-refractivity contribution in [3.63, 3.8) is 0 Å². The third kappa shape index (κ3) is 4.17. The molecule has 0 aromatic heterocycles. The van der Waals surface area contributed by atoms with Crippen LogP contribution in [0.4, 0.5) is 5.69 Å². The third-order valence-corrected chi connectivity index (χ3v) is 6.13. The molecule has 2 amide bonds. The number of rotatable bonds is 5. The topological polar surface area (TPSA) is 73.2 Å². The maximum atomic E-state index is 13.1. The van der Waals surface area contributed by atoms with Gasteiger partial charge in [-0.05, 0) is 67.9 Å². The van der Waals surface area contributed by atoms with Crippen LogP contribution < -0.4 is 5.32 Å². The lowest BCUT2D eigenvalue weighted by molar-refractivity contribution is -0.143. The molecule has 2 aromatic carbocycles. The van der Waals surface area contributed by atoms with E-state index in [0.717, 1.165) is 32.4 Å². The number of hydrogen-bond donors (Lipinski definition) is 1. The minimum atomic E-state index is -0.903. The predicted octanol–water partition coefficient (Wildman–Crippen LogP) is 3.76. The monoisotopic (exact) mass is 387 g/mol. The first-order valence-electron chi connectivity index (χ1n) is 10.3. The zero-order valence-electron chi connectivity index (χ0n) is 16.4. The fourth-order valence-electron chi connectivity index (χ4n) is 4.13. The van der Waals surface area contributed by atoms with E-state index in [2.05, 4.69) is 35.7 Å². The molecule has 4 rings (SSSR count). The van der Waals surface area contributed by atoms with Crippen molar-refractivity contribution < 1.29 is 9.59 Å². The Kier molecular flexibility index (Phi) is 5.35. The number of likely N-dealkylation sites (tertiary alicyclic amines) is 1. The van der Waals surface area contributed by atoms with Crippen molar-refractivity contribution in [3.8, 4) is 6.07 Å². The molecule has 1 aliphatic heterocycles. The highest BCUT2D eigenvalue weighted by Crippen LogP contribution is 2.48. The van der Waals surface area contributed by atoms with E-state index < -0.39 is 5.41 Å². The number of benzene rings is 2. The second-order valence-electron chi connectivity index (χ2n) is 8.15. The van der Waals surface area contributed by atoms with Crippen molar-refractivity contribution in [2.75, 3.05) is 18.4 Å². The number of hydrogen-bond acceptors (Lipinski definition) is 3.